The summed E-state index contributed by atoms with van der Waals surface area (Å²) in [6.07, 6.45) is 10.0. The molecular formula is C29H34FN3O2. The smallest absolute Gasteiger partial charge is 0.254 e. The third kappa shape index (κ3) is 4.37. The molecule has 2 heterocycles. The summed E-state index contributed by atoms with van der Waals surface area (Å²) >= 11 is 0. The minimum absolute atomic E-state index is 0.109. The number of rotatable bonds is 5. The summed E-state index contributed by atoms with van der Waals surface area (Å²) in [4.78, 5) is 30.5. The maximum Gasteiger partial charge on any atom is 0.254 e. The van der Waals surface area contributed by atoms with Gasteiger partial charge in [-0.25, -0.2) is 4.39 Å². The van der Waals surface area contributed by atoms with Crippen LogP contribution in [0, 0.1) is 5.82 Å². The van der Waals surface area contributed by atoms with E-state index in [-0.39, 0.29) is 17.9 Å². The topological polar surface area (TPSA) is 52.7 Å². The van der Waals surface area contributed by atoms with Gasteiger partial charge < -0.3 is 10.2 Å². The predicted molar refractivity (Wildman–Crippen MR) is 134 cm³/mol. The molecule has 35 heavy (non-hydrogen) atoms. The number of amides is 2. The average Bonchev–Trinajstić information content (AvgIpc) is 3.50. The molecule has 3 fully saturated rings. The molecule has 6 rings (SSSR count). The molecule has 184 valence electrons. The summed E-state index contributed by atoms with van der Waals surface area (Å²) in [5.74, 6) is -0.506. The minimum Gasteiger partial charge on any atom is -0.349 e. The first-order chi connectivity index (χ1) is 17.1. The third-order valence-corrected chi connectivity index (χ3v) is 8.68. The molecule has 6 heteroatoms. The van der Waals surface area contributed by atoms with Crippen LogP contribution in [-0.4, -0.2) is 59.4 Å². The molecule has 0 aromatic heterocycles. The minimum atomic E-state index is -0.408. The van der Waals surface area contributed by atoms with Crippen molar-refractivity contribution >= 4 is 11.8 Å². The van der Waals surface area contributed by atoms with E-state index in [0.717, 1.165) is 80.9 Å². The van der Waals surface area contributed by atoms with E-state index >= 15 is 4.39 Å². The summed E-state index contributed by atoms with van der Waals surface area (Å²) in [6.45, 7) is 2.82. The normalized spacial score (nSPS) is 23.4. The highest BCUT2D eigenvalue weighted by atomic mass is 19.1. The van der Waals surface area contributed by atoms with Gasteiger partial charge in [0.05, 0.1) is 0 Å². The van der Waals surface area contributed by atoms with Crippen molar-refractivity contribution in [3.63, 3.8) is 0 Å². The van der Waals surface area contributed by atoms with Gasteiger partial charge in [0.1, 0.15) is 5.82 Å². The highest BCUT2D eigenvalue weighted by molar-refractivity contribution is 5.98. The van der Waals surface area contributed by atoms with Gasteiger partial charge in [0.2, 0.25) is 0 Å². The van der Waals surface area contributed by atoms with E-state index < -0.39 is 5.82 Å². The zero-order valence-electron chi connectivity index (χ0n) is 20.3. The number of carbonyl (C=O) groups is 2. The highest BCUT2D eigenvalue weighted by Gasteiger charge is 2.37. The van der Waals surface area contributed by atoms with Crippen LogP contribution in [0.25, 0.3) is 11.1 Å². The SMILES string of the molecule is O=C(NC1CCCC1)c1ccc(-c2ccc3c(c2)CCN([C@@H]2CCN(C4CCC4)C2)C3=O)c(F)c1. The summed E-state index contributed by atoms with van der Waals surface area (Å²) in [6, 6.07) is 11.6. The quantitative estimate of drug-likeness (QED) is 0.677. The Morgan fingerprint density at radius 3 is 2.43 bits per heavy atom. The van der Waals surface area contributed by atoms with Gasteiger partial charge in [-0.2, -0.15) is 0 Å². The van der Waals surface area contributed by atoms with Crippen LogP contribution in [0.4, 0.5) is 4.39 Å². The molecule has 4 aliphatic rings. The number of benzene rings is 2. The maximum atomic E-state index is 15.1. The Labute approximate surface area is 206 Å². The van der Waals surface area contributed by atoms with Crippen LogP contribution in [0.3, 0.4) is 0 Å². The van der Waals surface area contributed by atoms with Crippen molar-refractivity contribution in [1.29, 1.82) is 0 Å². The fourth-order valence-electron chi connectivity index (χ4n) is 6.36. The van der Waals surface area contributed by atoms with Gasteiger partial charge in [-0.3, -0.25) is 14.5 Å². The van der Waals surface area contributed by atoms with Crippen molar-refractivity contribution in [3.05, 3.63) is 58.9 Å². The van der Waals surface area contributed by atoms with E-state index in [1.54, 1.807) is 12.1 Å². The van der Waals surface area contributed by atoms with Crippen molar-refractivity contribution in [1.82, 2.24) is 15.1 Å². The first kappa shape index (κ1) is 22.7. The number of nitrogens with one attached hydrogen (secondary N) is 1. The number of halogens is 1. The molecule has 2 amide bonds. The third-order valence-electron chi connectivity index (χ3n) is 8.68. The Morgan fingerprint density at radius 2 is 1.69 bits per heavy atom. The number of nitrogens with zero attached hydrogens (tertiary/aromatic N) is 2. The lowest BCUT2D eigenvalue weighted by Gasteiger charge is -2.37. The zero-order chi connectivity index (χ0) is 23.9. The molecule has 1 saturated heterocycles. The van der Waals surface area contributed by atoms with Gasteiger partial charge in [-0.1, -0.05) is 37.5 Å². The molecule has 0 radical (unpaired) electrons. The molecule has 2 aromatic carbocycles. The largest absolute Gasteiger partial charge is 0.349 e. The second kappa shape index (κ2) is 9.38. The summed E-state index contributed by atoms with van der Waals surface area (Å²) in [7, 11) is 0. The van der Waals surface area contributed by atoms with E-state index in [4.69, 9.17) is 0 Å². The Morgan fingerprint density at radius 1 is 0.886 bits per heavy atom. The molecule has 1 atom stereocenters. The highest BCUT2D eigenvalue weighted by Crippen LogP contribution is 2.33. The van der Waals surface area contributed by atoms with Crippen LogP contribution in [-0.2, 0) is 6.42 Å². The van der Waals surface area contributed by atoms with E-state index in [9.17, 15) is 9.59 Å². The Hall–Kier alpha value is -2.73. The van der Waals surface area contributed by atoms with E-state index in [1.165, 1.54) is 25.3 Å². The molecule has 1 N–H and O–H groups in total. The summed E-state index contributed by atoms with van der Waals surface area (Å²) in [5.41, 5.74) is 3.30. The lowest BCUT2D eigenvalue weighted by atomic mass is 9.91. The van der Waals surface area contributed by atoms with Gasteiger partial charge in [0, 0.05) is 54.5 Å². The van der Waals surface area contributed by atoms with Crippen LogP contribution >= 0.6 is 0 Å². The van der Waals surface area contributed by atoms with E-state index in [1.807, 2.05) is 18.2 Å². The van der Waals surface area contributed by atoms with Crippen molar-refractivity contribution in [2.75, 3.05) is 19.6 Å². The van der Waals surface area contributed by atoms with Gasteiger partial charge in [0.15, 0.2) is 0 Å². The van der Waals surface area contributed by atoms with Crippen molar-refractivity contribution < 1.29 is 14.0 Å². The second-order valence-electron chi connectivity index (χ2n) is 10.8. The zero-order valence-corrected chi connectivity index (χ0v) is 20.3. The molecule has 2 saturated carbocycles. The predicted octanol–water partition coefficient (Wildman–Crippen LogP) is 4.79. The van der Waals surface area contributed by atoms with Gasteiger partial charge >= 0.3 is 0 Å². The lowest BCUT2D eigenvalue weighted by molar-refractivity contribution is 0.0646. The van der Waals surface area contributed by atoms with Gasteiger partial charge in [-0.05, 0) is 67.9 Å². The summed E-state index contributed by atoms with van der Waals surface area (Å²) in [5, 5.41) is 3.02. The summed E-state index contributed by atoms with van der Waals surface area (Å²) < 4.78 is 15.1. The average molecular weight is 476 g/mol. The maximum absolute atomic E-state index is 15.1. The van der Waals surface area contributed by atoms with Crippen LogP contribution in [0.15, 0.2) is 36.4 Å². The number of fused-ring (bicyclic) bond motifs is 1. The van der Waals surface area contributed by atoms with Gasteiger partial charge in [-0.15, -0.1) is 0 Å². The van der Waals surface area contributed by atoms with E-state index in [0.29, 0.717) is 17.2 Å². The molecule has 5 nitrogen and oxygen atoms in total. The van der Waals surface area contributed by atoms with Crippen LogP contribution in [0.2, 0.25) is 0 Å². The van der Waals surface area contributed by atoms with Crippen LogP contribution in [0.5, 0.6) is 0 Å². The van der Waals surface area contributed by atoms with Crippen LogP contribution < -0.4 is 5.32 Å². The first-order valence-electron chi connectivity index (χ1n) is 13.4. The molecule has 0 bridgehead atoms. The Balaban J connectivity index is 1.16. The van der Waals surface area contributed by atoms with Gasteiger partial charge in [0.25, 0.3) is 11.8 Å². The molecule has 0 unspecified atom stereocenters. The standard InChI is InChI=1S/C29H34FN3O2/c30-27-17-21(28(34)31-22-4-1-2-5-22)9-10-25(27)19-8-11-26-20(16-19)12-15-33(29(26)35)24-13-14-32(18-24)23-6-3-7-23/h8-11,16-17,22-24H,1-7,12-15,18H2,(H,31,34)/t24-/m1/s1. The molecular weight excluding hydrogens is 441 g/mol. The number of carbonyl (C=O) groups excluding carboxylic acids is 2. The molecule has 0 spiro atoms. The van der Waals surface area contributed by atoms with Crippen molar-refractivity contribution in [3.8, 4) is 11.1 Å². The number of likely N-dealkylation sites (tertiary alicyclic amines) is 1. The number of hydrogen-bond donors (Lipinski definition) is 1. The van der Waals surface area contributed by atoms with Crippen LogP contribution in [0.1, 0.15) is 77.6 Å². The lowest BCUT2D eigenvalue weighted by Crippen LogP contribution is -2.47. The molecule has 2 aliphatic heterocycles. The van der Waals surface area contributed by atoms with E-state index in [2.05, 4.69) is 15.1 Å². The fourth-order valence-corrected chi connectivity index (χ4v) is 6.36. The molecule has 2 aliphatic carbocycles. The Bertz CT molecular complexity index is 1140. The van der Waals surface area contributed by atoms with Crippen molar-refractivity contribution in [2.24, 2.45) is 0 Å². The van der Waals surface area contributed by atoms with Crippen molar-refractivity contribution in [2.45, 2.75) is 75.9 Å². The fraction of sp³-hybridized carbons (Fsp3) is 0.517. The monoisotopic (exact) mass is 475 g/mol. The Kier molecular flexibility index (Phi) is 6.09. The second-order valence-corrected chi connectivity index (χ2v) is 10.8. The molecule has 2 aromatic rings. The first-order valence-corrected chi connectivity index (χ1v) is 13.4. The number of hydrogen-bond acceptors (Lipinski definition) is 3.